The fourth-order valence-electron chi connectivity index (χ4n) is 4.31. The standard InChI is InChI=1S/C21H28F3NO2/c1-15(2)17-3-5-18(6-4-17)25-12-11-20(19(25)26)9-7-16(8-10-20)13-27-14-21(22,23)24/h3-6,15-16H,7-14H2,1-2H3. The van der Waals surface area contributed by atoms with E-state index in [-0.39, 0.29) is 23.8 Å². The maximum Gasteiger partial charge on any atom is 0.411 e. The number of halogens is 3. The first-order valence-electron chi connectivity index (χ1n) is 9.77. The first-order chi connectivity index (χ1) is 12.7. The van der Waals surface area contributed by atoms with E-state index in [0.717, 1.165) is 44.3 Å². The first-order valence-corrected chi connectivity index (χ1v) is 9.77. The predicted octanol–water partition coefficient (Wildman–Crippen LogP) is 5.30. The van der Waals surface area contributed by atoms with Crippen molar-refractivity contribution in [3.8, 4) is 0 Å². The second-order valence-corrected chi connectivity index (χ2v) is 8.31. The molecule has 1 aromatic carbocycles. The lowest BCUT2D eigenvalue weighted by atomic mass is 9.69. The van der Waals surface area contributed by atoms with Gasteiger partial charge in [0.1, 0.15) is 6.61 Å². The van der Waals surface area contributed by atoms with Crippen molar-refractivity contribution in [2.75, 3.05) is 24.7 Å². The molecule has 1 heterocycles. The fourth-order valence-corrected chi connectivity index (χ4v) is 4.31. The smallest absolute Gasteiger partial charge is 0.372 e. The number of benzene rings is 1. The Morgan fingerprint density at radius 1 is 1.15 bits per heavy atom. The molecule has 1 amide bonds. The number of ether oxygens (including phenoxy) is 1. The van der Waals surface area contributed by atoms with Crippen molar-refractivity contribution >= 4 is 11.6 Å². The van der Waals surface area contributed by atoms with Crippen LogP contribution in [0.4, 0.5) is 18.9 Å². The number of carbonyl (C=O) groups is 1. The molecule has 0 unspecified atom stereocenters. The zero-order chi connectivity index (χ0) is 19.7. The predicted molar refractivity (Wildman–Crippen MR) is 98.8 cm³/mol. The average molecular weight is 383 g/mol. The Morgan fingerprint density at radius 3 is 2.33 bits per heavy atom. The topological polar surface area (TPSA) is 29.5 Å². The largest absolute Gasteiger partial charge is 0.411 e. The van der Waals surface area contributed by atoms with Crippen molar-refractivity contribution in [3.05, 3.63) is 29.8 Å². The summed E-state index contributed by atoms with van der Waals surface area (Å²) >= 11 is 0. The van der Waals surface area contributed by atoms with E-state index in [9.17, 15) is 18.0 Å². The monoisotopic (exact) mass is 383 g/mol. The van der Waals surface area contributed by atoms with Crippen LogP contribution >= 0.6 is 0 Å². The summed E-state index contributed by atoms with van der Waals surface area (Å²) in [5.74, 6) is 0.745. The van der Waals surface area contributed by atoms with Crippen molar-refractivity contribution in [1.82, 2.24) is 0 Å². The van der Waals surface area contributed by atoms with Gasteiger partial charge in [0.2, 0.25) is 5.91 Å². The van der Waals surface area contributed by atoms with Gasteiger partial charge < -0.3 is 9.64 Å². The third-order valence-corrected chi connectivity index (χ3v) is 6.07. The number of hydrogen-bond acceptors (Lipinski definition) is 2. The molecular weight excluding hydrogens is 355 g/mol. The van der Waals surface area contributed by atoms with Crippen molar-refractivity contribution in [1.29, 1.82) is 0 Å². The lowest BCUT2D eigenvalue weighted by molar-refractivity contribution is -0.177. The molecule has 2 aliphatic rings. The first kappa shape index (κ1) is 20.2. The number of amides is 1. The van der Waals surface area contributed by atoms with Gasteiger partial charge in [-0.3, -0.25) is 4.79 Å². The number of nitrogens with zero attached hydrogens (tertiary/aromatic N) is 1. The van der Waals surface area contributed by atoms with E-state index >= 15 is 0 Å². The minimum absolute atomic E-state index is 0.116. The second kappa shape index (κ2) is 7.82. The van der Waals surface area contributed by atoms with Crippen LogP contribution in [0.2, 0.25) is 0 Å². The molecule has 1 spiro atoms. The molecule has 0 N–H and O–H groups in total. The van der Waals surface area contributed by atoms with E-state index in [1.165, 1.54) is 5.56 Å². The summed E-state index contributed by atoms with van der Waals surface area (Å²) in [5.41, 5.74) is 1.86. The van der Waals surface area contributed by atoms with Crippen LogP contribution in [-0.2, 0) is 9.53 Å². The van der Waals surface area contributed by atoms with Gasteiger partial charge in [-0.2, -0.15) is 13.2 Å². The number of carbonyl (C=O) groups excluding carboxylic acids is 1. The lowest BCUT2D eigenvalue weighted by Crippen LogP contribution is -2.38. The van der Waals surface area contributed by atoms with Gasteiger partial charge >= 0.3 is 6.18 Å². The molecule has 3 nitrogen and oxygen atoms in total. The molecule has 2 fully saturated rings. The highest BCUT2D eigenvalue weighted by molar-refractivity contribution is 5.99. The van der Waals surface area contributed by atoms with Gasteiger partial charge in [0.15, 0.2) is 0 Å². The molecule has 0 bridgehead atoms. The van der Waals surface area contributed by atoms with Gasteiger partial charge in [-0.25, -0.2) is 0 Å². The Kier molecular flexibility index (Phi) is 5.84. The van der Waals surface area contributed by atoms with Gasteiger partial charge in [-0.05, 0) is 61.6 Å². The Morgan fingerprint density at radius 2 is 1.78 bits per heavy atom. The van der Waals surface area contributed by atoms with E-state index in [0.29, 0.717) is 5.92 Å². The van der Waals surface area contributed by atoms with Crippen LogP contribution in [0.15, 0.2) is 24.3 Å². The summed E-state index contributed by atoms with van der Waals surface area (Å²) in [5, 5.41) is 0. The van der Waals surface area contributed by atoms with Crippen LogP contribution in [0.25, 0.3) is 0 Å². The molecule has 3 rings (SSSR count). The minimum atomic E-state index is -4.27. The van der Waals surface area contributed by atoms with Gasteiger partial charge in [0, 0.05) is 18.8 Å². The Balaban J connectivity index is 1.55. The second-order valence-electron chi connectivity index (χ2n) is 8.31. The lowest BCUT2D eigenvalue weighted by Gasteiger charge is -2.35. The fraction of sp³-hybridized carbons (Fsp3) is 0.667. The van der Waals surface area contributed by atoms with Crippen LogP contribution in [0.5, 0.6) is 0 Å². The summed E-state index contributed by atoms with van der Waals surface area (Å²) in [7, 11) is 0. The zero-order valence-corrected chi connectivity index (χ0v) is 16.0. The number of hydrogen-bond donors (Lipinski definition) is 0. The van der Waals surface area contributed by atoms with Crippen molar-refractivity contribution in [2.24, 2.45) is 11.3 Å². The van der Waals surface area contributed by atoms with Gasteiger partial charge in [0.05, 0.1) is 5.41 Å². The molecular formula is C21H28F3NO2. The maximum absolute atomic E-state index is 13.1. The third kappa shape index (κ3) is 4.65. The van der Waals surface area contributed by atoms with Crippen LogP contribution in [-0.4, -0.2) is 31.8 Å². The Labute approximate surface area is 158 Å². The number of rotatable bonds is 5. The molecule has 0 radical (unpaired) electrons. The average Bonchev–Trinajstić information content (AvgIpc) is 2.92. The highest BCUT2D eigenvalue weighted by Crippen LogP contribution is 2.47. The van der Waals surface area contributed by atoms with Crippen molar-refractivity contribution in [3.63, 3.8) is 0 Å². The van der Waals surface area contributed by atoms with E-state index in [1.54, 1.807) is 0 Å². The molecule has 150 valence electrons. The van der Waals surface area contributed by atoms with Crippen LogP contribution in [0.3, 0.4) is 0 Å². The van der Waals surface area contributed by atoms with E-state index in [2.05, 4.69) is 26.0 Å². The van der Waals surface area contributed by atoms with E-state index in [1.807, 2.05) is 17.0 Å². The molecule has 1 aliphatic carbocycles. The van der Waals surface area contributed by atoms with E-state index in [4.69, 9.17) is 4.74 Å². The number of alkyl halides is 3. The van der Waals surface area contributed by atoms with E-state index < -0.39 is 12.8 Å². The quantitative estimate of drug-likeness (QED) is 0.690. The molecule has 0 aromatic heterocycles. The van der Waals surface area contributed by atoms with Gasteiger partial charge in [0.25, 0.3) is 0 Å². The molecule has 0 atom stereocenters. The summed E-state index contributed by atoms with van der Waals surface area (Å²) < 4.78 is 41.4. The van der Waals surface area contributed by atoms with Gasteiger partial charge in [-0.1, -0.05) is 26.0 Å². The van der Waals surface area contributed by atoms with Crippen molar-refractivity contribution < 1.29 is 22.7 Å². The summed E-state index contributed by atoms with van der Waals surface area (Å²) in [6, 6.07) is 8.19. The summed E-state index contributed by atoms with van der Waals surface area (Å²) in [6.45, 7) is 3.94. The molecule has 27 heavy (non-hydrogen) atoms. The Bertz CT molecular complexity index is 646. The van der Waals surface area contributed by atoms with Crippen LogP contribution in [0.1, 0.15) is 57.4 Å². The van der Waals surface area contributed by atoms with Crippen LogP contribution < -0.4 is 4.90 Å². The molecule has 1 aliphatic heterocycles. The highest BCUT2D eigenvalue weighted by Gasteiger charge is 2.48. The minimum Gasteiger partial charge on any atom is -0.372 e. The zero-order valence-electron chi connectivity index (χ0n) is 16.0. The van der Waals surface area contributed by atoms with Crippen molar-refractivity contribution in [2.45, 2.75) is 58.0 Å². The summed E-state index contributed by atoms with van der Waals surface area (Å²) in [6.07, 6.45) is -0.455. The third-order valence-electron chi connectivity index (χ3n) is 6.07. The molecule has 1 saturated heterocycles. The summed E-state index contributed by atoms with van der Waals surface area (Å²) in [4.78, 5) is 15.0. The van der Waals surface area contributed by atoms with Crippen LogP contribution in [0, 0.1) is 11.3 Å². The SMILES string of the molecule is CC(C)c1ccc(N2CCC3(CCC(COCC(F)(F)F)CC3)C2=O)cc1. The Hall–Kier alpha value is -1.56. The van der Waals surface area contributed by atoms with Gasteiger partial charge in [-0.15, -0.1) is 0 Å². The highest BCUT2D eigenvalue weighted by atomic mass is 19.4. The maximum atomic E-state index is 13.1. The number of anilines is 1. The normalized spacial score (nSPS) is 26.4. The molecule has 1 saturated carbocycles. The molecule has 6 heteroatoms. The molecule has 1 aromatic rings.